The Morgan fingerprint density at radius 3 is 2.94 bits per heavy atom. The number of carbonyl (C=O) groups is 2. The molecule has 0 fully saturated rings. The molecule has 2 heterocycles. The van der Waals surface area contributed by atoms with Crippen LogP contribution in [0.5, 0.6) is 0 Å². The Balaban J connectivity index is 1.81. The number of alkyl carbamates (subject to hydrolysis) is 1. The number of thiophene rings is 1. The predicted molar refractivity (Wildman–Crippen MR) is 64.0 cm³/mol. The average Bonchev–Trinajstić information content (AvgIpc) is 2.91. The summed E-state index contributed by atoms with van der Waals surface area (Å²) in [6, 6.07) is 3.29. The van der Waals surface area contributed by atoms with E-state index in [-0.39, 0.29) is 6.54 Å². The lowest BCUT2D eigenvalue weighted by Crippen LogP contribution is -2.26. The predicted octanol–water partition coefficient (Wildman–Crippen LogP) is 1.60. The van der Waals surface area contributed by atoms with Gasteiger partial charge in [-0.3, -0.25) is 9.97 Å². The Bertz CT molecular complexity index is 528. The maximum atomic E-state index is 11.4. The Kier molecular flexibility index (Phi) is 3.98. The quantitative estimate of drug-likeness (QED) is 0.672. The SMILES string of the molecule is O=C(NCc1cnccn1)OC(=O)c1cccs1. The average molecular weight is 263 g/mol. The molecule has 7 heteroatoms. The van der Waals surface area contributed by atoms with Crippen molar-refractivity contribution < 1.29 is 14.3 Å². The van der Waals surface area contributed by atoms with E-state index in [4.69, 9.17) is 0 Å². The van der Waals surface area contributed by atoms with Crippen LogP contribution in [-0.2, 0) is 11.3 Å². The molecule has 0 aliphatic heterocycles. The molecule has 2 aromatic heterocycles. The second-order valence-electron chi connectivity index (χ2n) is 3.20. The minimum absolute atomic E-state index is 0.157. The van der Waals surface area contributed by atoms with Gasteiger partial charge in [-0.2, -0.15) is 0 Å². The first-order chi connectivity index (χ1) is 8.75. The second kappa shape index (κ2) is 5.87. The van der Waals surface area contributed by atoms with Crippen LogP contribution in [0.1, 0.15) is 15.4 Å². The van der Waals surface area contributed by atoms with E-state index in [2.05, 4.69) is 20.0 Å². The zero-order valence-electron chi connectivity index (χ0n) is 9.20. The zero-order valence-corrected chi connectivity index (χ0v) is 10.0. The van der Waals surface area contributed by atoms with Crippen LogP contribution in [-0.4, -0.2) is 22.0 Å². The number of ether oxygens (including phenoxy) is 1. The molecular weight excluding hydrogens is 254 g/mol. The molecule has 0 saturated heterocycles. The van der Waals surface area contributed by atoms with Crippen LogP contribution in [0, 0.1) is 0 Å². The van der Waals surface area contributed by atoms with E-state index in [0.717, 1.165) is 0 Å². The monoisotopic (exact) mass is 263 g/mol. The van der Waals surface area contributed by atoms with E-state index < -0.39 is 12.1 Å². The number of esters is 1. The van der Waals surface area contributed by atoms with Crippen molar-refractivity contribution >= 4 is 23.4 Å². The fourth-order valence-electron chi connectivity index (χ4n) is 1.15. The summed E-state index contributed by atoms with van der Waals surface area (Å²) < 4.78 is 4.59. The van der Waals surface area contributed by atoms with Crippen LogP contribution in [0.2, 0.25) is 0 Å². The third kappa shape index (κ3) is 3.36. The second-order valence-corrected chi connectivity index (χ2v) is 4.15. The van der Waals surface area contributed by atoms with Crippen LogP contribution in [0.3, 0.4) is 0 Å². The number of nitrogens with zero attached hydrogens (tertiary/aromatic N) is 2. The number of nitrogens with one attached hydrogen (secondary N) is 1. The molecule has 0 bridgehead atoms. The Morgan fingerprint density at radius 2 is 2.28 bits per heavy atom. The molecule has 18 heavy (non-hydrogen) atoms. The maximum absolute atomic E-state index is 11.4. The summed E-state index contributed by atoms with van der Waals surface area (Å²) in [5, 5.41) is 4.14. The van der Waals surface area contributed by atoms with Crippen LogP contribution in [0.4, 0.5) is 4.79 Å². The lowest BCUT2D eigenvalue weighted by molar-refractivity contribution is 0.0626. The molecular formula is C11H9N3O3S. The van der Waals surface area contributed by atoms with Gasteiger partial charge < -0.3 is 10.1 Å². The molecule has 2 rings (SSSR count). The molecule has 0 spiro atoms. The Labute approximate surface area is 107 Å². The van der Waals surface area contributed by atoms with E-state index in [9.17, 15) is 9.59 Å². The van der Waals surface area contributed by atoms with E-state index in [1.165, 1.54) is 29.9 Å². The molecule has 6 nitrogen and oxygen atoms in total. The van der Waals surface area contributed by atoms with Crippen molar-refractivity contribution in [2.75, 3.05) is 0 Å². The summed E-state index contributed by atoms with van der Waals surface area (Å²) >= 11 is 1.21. The molecule has 0 aliphatic rings. The van der Waals surface area contributed by atoms with Gasteiger partial charge in [0.25, 0.3) is 0 Å². The highest BCUT2D eigenvalue weighted by Gasteiger charge is 2.13. The molecule has 0 unspecified atom stereocenters. The third-order valence-electron chi connectivity index (χ3n) is 1.94. The first-order valence-corrected chi connectivity index (χ1v) is 5.92. The Morgan fingerprint density at radius 1 is 1.39 bits per heavy atom. The van der Waals surface area contributed by atoms with Gasteiger partial charge in [0.2, 0.25) is 0 Å². The normalized spacial score (nSPS) is 9.78. The van der Waals surface area contributed by atoms with Crippen LogP contribution in [0.15, 0.2) is 36.1 Å². The number of aromatic nitrogens is 2. The topological polar surface area (TPSA) is 81.2 Å². The Hall–Kier alpha value is -2.28. The number of amides is 1. The molecule has 1 amide bonds. The highest BCUT2D eigenvalue weighted by Crippen LogP contribution is 2.09. The van der Waals surface area contributed by atoms with Gasteiger partial charge in [0.05, 0.1) is 18.4 Å². The zero-order chi connectivity index (χ0) is 12.8. The van der Waals surface area contributed by atoms with E-state index in [1.54, 1.807) is 17.5 Å². The van der Waals surface area contributed by atoms with Crippen molar-refractivity contribution in [3.8, 4) is 0 Å². The third-order valence-corrected chi connectivity index (χ3v) is 2.79. The van der Waals surface area contributed by atoms with Gasteiger partial charge in [-0.1, -0.05) is 6.07 Å². The molecule has 1 N–H and O–H groups in total. The molecule has 2 aromatic rings. The van der Waals surface area contributed by atoms with Crippen molar-refractivity contribution in [1.29, 1.82) is 0 Å². The summed E-state index contributed by atoms with van der Waals surface area (Å²) in [5.74, 6) is -0.665. The van der Waals surface area contributed by atoms with Crippen molar-refractivity contribution in [2.24, 2.45) is 0 Å². The summed E-state index contributed by atoms with van der Waals surface area (Å²) in [6.07, 6.45) is 3.75. The molecule has 92 valence electrons. The smallest absolute Gasteiger partial charge is 0.372 e. The van der Waals surface area contributed by atoms with Crippen LogP contribution in [0.25, 0.3) is 0 Å². The molecule has 0 aliphatic carbocycles. The lowest BCUT2D eigenvalue weighted by atomic mass is 10.4. The van der Waals surface area contributed by atoms with E-state index in [0.29, 0.717) is 10.6 Å². The summed E-state index contributed by atoms with van der Waals surface area (Å²) in [5.41, 5.74) is 0.582. The van der Waals surface area contributed by atoms with Gasteiger partial charge in [-0.25, -0.2) is 9.59 Å². The lowest BCUT2D eigenvalue weighted by Gasteiger charge is -2.03. The molecule has 0 aromatic carbocycles. The number of hydrogen-bond donors (Lipinski definition) is 1. The highest BCUT2D eigenvalue weighted by molar-refractivity contribution is 7.12. The van der Waals surface area contributed by atoms with Gasteiger partial charge in [0.15, 0.2) is 0 Å². The molecule has 0 atom stereocenters. The van der Waals surface area contributed by atoms with Gasteiger partial charge in [0, 0.05) is 12.4 Å². The van der Waals surface area contributed by atoms with Crippen molar-refractivity contribution in [3.05, 3.63) is 46.7 Å². The molecule has 0 saturated carbocycles. The minimum atomic E-state index is -0.806. The molecule has 0 radical (unpaired) electrons. The first kappa shape index (κ1) is 12.2. The van der Waals surface area contributed by atoms with Gasteiger partial charge in [-0.05, 0) is 11.4 Å². The van der Waals surface area contributed by atoms with Crippen molar-refractivity contribution in [1.82, 2.24) is 15.3 Å². The largest absolute Gasteiger partial charge is 0.415 e. The van der Waals surface area contributed by atoms with E-state index >= 15 is 0 Å². The van der Waals surface area contributed by atoms with Crippen molar-refractivity contribution in [2.45, 2.75) is 6.54 Å². The minimum Gasteiger partial charge on any atom is -0.372 e. The standard InChI is InChI=1S/C11H9N3O3S/c15-10(9-2-1-5-18-9)17-11(16)14-7-8-6-12-3-4-13-8/h1-6H,7H2,(H,14,16). The fraction of sp³-hybridized carbons (Fsp3) is 0.0909. The van der Waals surface area contributed by atoms with Crippen LogP contribution < -0.4 is 5.32 Å². The first-order valence-electron chi connectivity index (χ1n) is 5.04. The summed E-state index contributed by atoms with van der Waals surface area (Å²) in [7, 11) is 0. The number of rotatable bonds is 3. The summed E-state index contributed by atoms with van der Waals surface area (Å²) in [4.78, 5) is 30.9. The van der Waals surface area contributed by atoms with Crippen LogP contribution >= 0.6 is 11.3 Å². The van der Waals surface area contributed by atoms with Gasteiger partial charge in [0.1, 0.15) is 4.88 Å². The summed E-state index contributed by atoms with van der Waals surface area (Å²) in [6.45, 7) is 0.157. The van der Waals surface area contributed by atoms with Gasteiger partial charge in [-0.15, -0.1) is 11.3 Å². The highest BCUT2D eigenvalue weighted by atomic mass is 32.1. The van der Waals surface area contributed by atoms with E-state index in [1.807, 2.05) is 0 Å². The van der Waals surface area contributed by atoms with Crippen molar-refractivity contribution in [3.63, 3.8) is 0 Å². The van der Waals surface area contributed by atoms with Gasteiger partial charge >= 0.3 is 12.1 Å². The maximum Gasteiger partial charge on any atom is 0.415 e. The number of hydrogen-bond acceptors (Lipinski definition) is 6. The fourth-order valence-corrected chi connectivity index (χ4v) is 1.75. The number of carbonyl (C=O) groups excluding carboxylic acids is 2.